The maximum atomic E-state index is 12.6. The van der Waals surface area contributed by atoms with E-state index in [0.29, 0.717) is 18.4 Å². The number of anilines is 2. The zero-order valence-electron chi connectivity index (χ0n) is 16.2. The van der Waals surface area contributed by atoms with Gasteiger partial charge < -0.3 is 15.5 Å². The van der Waals surface area contributed by atoms with Gasteiger partial charge >= 0.3 is 0 Å². The maximum absolute atomic E-state index is 12.6. The number of benzene rings is 2. The summed E-state index contributed by atoms with van der Waals surface area (Å²) in [6.07, 6.45) is 5.65. The van der Waals surface area contributed by atoms with Crippen molar-refractivity contribution in [3.8, 4) is 0 Å². The normalized spacial score (nSPS) is 22.6. The van der Waals surface area contributed by atoms with Gasteiger partial charge in [0.1, 0.15) is 0 Å². The van der Waals surface area contributed by atoms with E-state index in [1.165, 1.54) is 16.8 Å². The van der Waals surface area contributed by atoms with E-state index in [2.05, 4.69) is 72.1 Å². The summed E-state index contributed by atoms with van der Waals surface area (Å²) in [4.78, 5) is 14.7. The number of hydrogen-bond acceptors (Lipinski definition) is 3. The number of nitrogens with one attached hydrogen (secondary N) is 2. The minimum atomic E-state index is -0.0102. The van der Waals surface area contributed by atoms with E-state index in [4.69, 9.17) is 0 Å². The molecule has 0 radical (unpaired) electrons. The average molecular weight is 361 g/mol. The van der Waals surface area contributed by atoms with Crippen LogP contribution >= 0.6 is 0 Å². The first-order valence-electron chi connectivity index (χ1n) is 9.71. The van der Waals surface area contributed by atoms with E-state index < -0.39 is 0 Å². The van der Waals surface area contributed by atoms with Gasteiger partial charge in [0.25, 0.3) is 5.91 Å². The molecule has 140 valence electrons. The van der Waals surface area contributed by atoms with Gasteiger partial charge in [-0.15, -0.1) is 0 Å². The second kappa shape index (κ2) is 7.10. The highest BCUT2D eigenvalue weighted by atomic mass is 16.1. The molecule has 27 heavy (non-hydrogen) atoms. The van der Waals surface area contributed by atoms with E-state index in [-0.39, 0.29) is 11.9 Å². The highest BCUT2D eigenvalue weighted by Gasteiger charge is 2.39. The molecule has 2 aromatic rings. The summed E-state index contributed by atoms with van der Waals surface area (Å²) in [5.41, 5.74) is 5.43. The molecule has 0 saturated carbocycles. The van der Waals surface area contributed by atoms with Crippen LogP contribution in [-0.4, -0.2) is 26.5 Å². The topological polar surface area (TPSA) is 44.4 Å². The highest BCUT2D eigenvalue weighted by molar-refractivity contribution is 6.00. The summed E-state index contributed by atoms with van der Waals surface area (Å²) in [5, 5.41) is 6.67. The Morgan fingerprint density at radius 2 is 1.96 bits per heavy atom. The molecule has 2 N–H and O–H groups in total. The number of amides is 1. The summed E-state index contributed by atoms with van der Waals surface area (Å²) < 4.78 is 0. The lowest BCUT2D eigenvalue weighted by molar-refractivity contribution is 0.0956. The number of rotatable bonds is 4. The molecule has 4 nitrogen and oxygen atoms in total. The maximum Gasteiger partial charge on any atom is 0.253 e. The Labute approximate surface area is 161 Å². The van der Waals surface area contributed by atoms with Crippen LogP contribution in [0.3, 0.4) is 0 Å². The third kappa shape index (κ3) is 3.09. The molecule has 1 heterocycles. The Morgan fingerprint density at radius 1 is 1.19 bits per heavy atom. The van der Waals surface area contributed by atoms with Crippen LogP contribution in [0.25, 0.3) is 0 Å². The predicted octanol–water partition coefficient (Wildman–Crippen LogP) is 4.33. The van der Waals surface area contributed by atoms with Crippen LogP contribution in [0.2, 0.25) is 0 Å². The molecule has 1 aliphatic heterocycles. The van der Waals surface area contributed by atoms with Crippen LogP contribution in [0, 0.1) is 5.92 Å². The summed E-state index contributed by atoms with van der Waals surface area (Å²) in [7, 11) is 4.11. The van der Waals surface area contributed by atoms with Gasteiger partial charge in [-0.25, -0.2) is 0 Å². The Balaban J connectivity index is 1.74. The standard InChI is InChI=1S/C23H27N3O/c1-4-24-23(27)20-10-6-9-19-17-7-5-8-18(17)21(25-22(19)20)15-11-13-16(14-12-15)26(2)3/h5-7,9-14,17-18,21,25H,4,8H2,1-3H3,(H,24,27). The van der Waals surface area contributed by atoms with Crippen molar-refractivity contribution in [3.63, 3.8) is 0 Å². The third-order valence-electron chi connectivity index (χ3n) is 5.75. The number of allylic oxidation sites excluding steroid dienone is 2. The minimum Gasteiger partial charge on any atom is -0.378 e. The predicted molar refractivity (Wildman–Crippen MR) is 112 cm³/mol. The largest absolute Gasteiger partial charge is 0.378 e. The van der Waals surface area contributed by atoms with Gasteiger partial charge in [0.05, 0.1) is 17.3 Å². The fourth-order valence-corrected chi connectivity index (χ4v) is 4.38. The Bertz CT molecular complexity index is 870. The summed E-state index contributed by atoms with van der Waals surface area (Å²) >= 11 is 0. The fourth-order valence-electron chi connectivity index (χ4n) is 4.38. The van der Waals surface area contributed by atoms with Gasteiger partial charge in [-0.1, -0.05) is 36.4 Å². The zero-order valence-corrected chi connectivity index (χ0v) is 16.2. The lowest BCUT2D eigenvalue weighted by Crippen LogP contribution is -2.32. The second-order valence-corrected chi connectivity index (χ2v) is 7.59. The molecule has 2 aromatic carbocycles. The molecule has 0 saturated heterocycles. The molecule has 3 unspecified atom stereocenters. The summed E-state index contributed by atoms with van der Waals surface area (Å²) in [6, 6.07) is 15.0. The molecule has 0 spiro atoms. The summed E-state index contributed by atoms with van der Waals surface area (Å²) in [6.45, 7) is 2.58. The van der Waals surface area contributed by atoms with Crippen molar-refractivity contribution in [3.05, 3.63) is 71.3 Å². The van der Waals surface area contributed by atoms with Crippen molar-refractivity contribution in [1.82, 2.24) is 5.32 Å². The van der Waals surface area contributed by atoms with Crippen molar-refractivity contribution < 1.29 is 4.79 Å². The number of nitrogens with zero attached hydrogens (tertiary/aromatic N) is 1. The molecular formula is C23H27N3O. The molecule has 1 amide bonds. The van der Waals surface area contributed by atoms with E-state index in [0.717, 1.165) is 17.7 Å². The first-order valence-corrected chi connectivity index (χ1v) is 9.71. The Hall–Kier alpha value is -2.75. The van der Waals surface area contributed by atoms with Gasteiger partial charge in [-0.05, 0) is 48.6 Å². The molecule has 4 rings (SSSR count). The summed E-state index contributed by atoms with van der Waals surface area (Å²) in [5.74, 6) is 0.824. The lowest BCUT2D eigenvalue weighted by Gasteiger charge is -2.38. The third-order valence-corrected chi connectivity index (χ3v) is 5.75. The van der Waals surface area contributed by atoms with Crippen LogP contribution in [0.5, 0.6) is 0 Å². The first kappa shape index (κ1) is 17.7. The van der Waals surface area contributed by atoms with E-state index >= 15 is 0 Å². The molecule has 0 aromatic heterocycles. The number of carbonyl (C=O) groups excluding carboxylic acids is 1. The highest BCUT2D eigenvalue weighted by Crippen LogP contribution is 2.50. The van der Waals surface area contributed by atoms with Crippen molar-refractivity contribution in [1.29, 1.82) is 0 Å². The molecule has 4 heteroatoms. The molecule has 0 fully saturated rings. The number of fused-ring (bicyclic) bond motifs is 3. The smallest absolute Gasteiger partial charge is 0.253 e. The molecule has 3 atom stereocenters. The quantitative estimate of drug-likeness (QED) is 0.797. The van der Waals surface area contributed by atoms with Crippen LogP contribution in [0.15, 0.2) is 54.6 Å². The van der Waals surface area contributed by atoms with Gasteiger partial charge in [0.15, 0.2) is 0 Å². The molecule has 1 aliphatic carbocycles. The Kier molecular flexibility index (Phi) is 4.65. The number of hydrogen-bond donors (Lipinski definition) is 2. The molecule has 0 bridgehead atoms. The second-order valence-electron chi connectivity index (χ2n) is 7.59. The van der Waals surface area contributed by atoms with Crippen molar-refractivity contribution >= 4 is 17.3 Å². The van der Waals surface area contributed by atoms with Crippen LogP contribution < -0.4 is 15.5 Å². The average Bonchev–Trinajstić information content (AvgIpc) is 3.17. The van der Waals surface area contributed by atoms with Gasteiger partial charge in [-0.2, -0.15) is 0 Å². The van der Waals surface area contributed by atoms with E-state index in [1.807, 2.05) is 19.1 Å². The molecule has 2 aliphatic rings. The van der Waals surface area contributed by atoms with Crippen LogP contribution in [0.4, 0.5) is 11.4 Å². The van der Waals surface area contributed by atoms with Crippen molar-refractivity contribution in [2.24, 2.45) is 5.92 Å². The van der Waals surface area contributed by atoms with Crippen LogP contribution in [-0.2, 0) is 0 Å². The minimum absolute atomic E-state index is 0.0102. The Morgan fingerprint density at radius 3 is 2.67 bits per heavy atom. The van der Waals surface area contributed by atoms with Crippen LogP contribution in [0.1, 0.15) is 46.8 Å². The SMILES string of the molecule is CCNC(=O)c1cccc2c1NC(c1ccc(N(C)C)cc1)C1CC=CC21. The van der Waals surface area contributed by atoms with Crippen molar-refractivity contribution in [2.75, 3.05) is 30.9 Å². The monoisotopic (exact) mass is 361 g/mol. The van der Waals surface area contributed by atoms with Gasteiger partial charge in [0, 0.05) is 32.2 Å². The van der Waals surface area contributed by atoms with Crippen molar-refractivity contribution in [2.45, 2.75) is 25.3 Å². The number of carbonyl (C=O) groups is 1. The lowest BCUT2D eigenvalue weighted by atomic mass is 9.76. The van der Waals surface area contributed by atoms with E-state index in [1.54, 1.807) is 0 Å². The first-order chi connectivity index (χ1) is 13.1. The van der Waals surface area contributed by atoms with E-state index in [9.17, 15) is 4.79 Å². The van der Waals surface area contributed by atoms with Gasteiger partial charge in [0.2, 0.25) is 0 Å². The number of para-hydroxylation sites is 1. The molecular weight excluding hydrogens is 334 g/mol. The van der Waals surface area contributed by atoms with Gasteiger partial charge in [-0.3, -0.25) is 4.79 Å². The zero-order chi connectivity index (χ0) is 19.0. The fraction of sp³-hybridized carbons (Fsp3) is 0.348.